The van der Waals surface area contributed by atoms with Crippen molar-refractivity contribution >= 4 is 11.8 Å². The van der Waals surface area contributed by atoms with Crippen molar-refractivity contribution in [3.8, 4) is 17.6 Å². The van der Waals surface area contributed by atoms with E-state index in [1.807, 2.05) is 0 Å². The zero-order valence-electron chi connectivity index (χ0n) is 18.3. The summed E-state index contributed by atoms with van der Waals surface area (Å²) in [6.07, 6.45) is 3.26. The Hall–Kier alpha value is -3.37. The first kappa shape index (κ1) is 23.3. The Morgan fingerprint density at radius 1 is 1.19 bits per heavy atom. The van der Waals surface area contributed by atoms with Gasteiger partial charge in [-0.15, -0.1) is 0 Å². The van der Waals surface area contributed by atoms with Gasteiger partial charge < -0.3 is 14.4 Å². The lowest BCUT2D eigenvalue weighted by Crippen LogP contribution is -2.34. The maximum Gasteiger partial charge on any atom is 0.514 e. The maximum absolute atomic E-state index is 11.6. The molecule has 0 saturated carbocycles. The number of hydrogen-bond acceptors (Lipinski definition) is 6. The number of piperidine rings is 1. The van der Waals surface area contributed by atoms with Crippen LogP contribution in [0.3, 0.4) is 0 Å². The Balaban J connectivity index is 1.48. The molecule has 2 aromatic carbocycles. The molecular formula is C25H28N2O5. The molecule has 3 rings (SSSR count). The van der Waals surface area contributed by atoms with E-state index >= 15 is 0 Å². The van der Waals surface area contributed by atoms with E-state index < -0.39 is 11.1 Å². The average Bonchev–Trinajstić information content (AvgIpc) is 2.78. The van der Waals surface area contributed by atoms with E-state index in [4.69, 9.17) is 9.47 Å². The average molecular weight is 437 g/mol. The summed E-state index contributed by atoms with van der Waals surface area (Å²) in [5.41, 5.74) is 1.66. The van der Waals surface area contributed by atoms with E-state index in [1.165, 1.54) is 30.5 Å². The molecule has 1 fully saturated rings. The highest BCUT2D eigenvalue weighted by Gasteiger charge is 2.20. The van der Waals surface area contributed by atoms with Crippen LogP contribution in [-0.4, -0.2) is 42.2 Å². The van der Waals surface area contributed by atoms with E-state index in [9.17, 15) is 14.9 Å². The minimum atomic E-state index is -0.976. The van der Waals surface area contributed by atoms with Crippen LogP contribution in [0.25, 0.3) is 0 Å². The fourth-order valence-electron chi connectivity index (χ4n) is 3.80. The van der Waals surface area contributed by atoms with Crippen LogP contribution in [0.2, 0.25) is 0 Å². The van der Waals surface area contributed by atoms with Gasteiger partial charge in [-0.2, -0.15) is 0 Å². The molecule has 1 heterocycles. The molecule has 7 heteroatoms. The smallest absolute Gasteiger partial charge is 0.434 e. The number of nitrogens with zero attached hydrogens (tertiary/aromatic N) is 2. The molecule has 1 aliphatic rings. The van der Waals surface area contributed by atoms with Gasteiger partial charge in [0.25, 0.3) is 0 Å². The SMILES string of the molecule is CCOC(=O)Oc1cc(C#CCCN2CCC(Cc3ccccc3)CC2)ccc1[N+](=O)[O-]. The summed E-state index contributed by atoms with van der Waals surface area (Å²) >= 11 is 0. The molecule has 0 bridgehead atoms. The first-order valence-corrected chi connectivity index (χ1v) is 10.9. The van der Waals surface area contributed by atoms with Crippen molar-refractivity contribution in [2.24, 2.45) is 5.92 Å². The number of benzene rings is 2. The zero-order chi connectivity index (χ0) is 22.8. The van der Waals surface area contributed by atoms with Crippen molar-refractivity contribution in [1.82, 2.24) is 4.90 Å². The van der Waals surface area contributed by atoms with E-state index in [-0.39, 0.29) is 18.0 Å². The van der Waals surface area contributed by atoms with Crippen LogP contribution in [0.1, 0.15) is 37.3 Å². The van der Waals surface area contributed by atoms with Gasteiger partial charge in [0.15, 0.2) is 0 Å². The molecular weight excluding hydrogens is 408 g/mol. The zero-order valence-corrected chi connectivity index (χ0v) is 18.3. The van der Waals surface area contributed by atoms with Crippen LogP contribution < -0.4 is 4.74 Å². The molecule has 2 aromatic rings. The van der Waals surface area contributed by atoms with Gasteiger partial charge in [0, 0.05) is 30.7 Å². The Morgan fingerprint density at radius 3 is 2.62 bits per heavy atom. The summed E-state index contributed by atoms with van der Waals surface area (Å²) in [7, 11) is 0. The van der Waals surface area contributed by atoms with E-state index in [1.54, 1.807) is 13.0 Å². The standard InChI is InChI=1S/C25H28N2O5/c1-2-31-25(28)32-24-19-21(11-12-23(24)27(29)30)10-6-7-15-26-16-13-22(14-17-26)18-20-8-4-3-5-9-20/h3-5,8-9,11-12,19,22H,2,7,13-18H2,1H3. The third-order valence-corrected chi connectivity index (χ3v) is 5.47. The van der Waals surface area contributed by atoms with Crippen LogP contribution in [-0.2, 0) is 11.2 Å². The Bertz CT molecular complexity index is 973. The second-order valence-electron chi connectivity index (χ2n) is 7.75. The number of nitro benzene ring substituents is 1. The number of carbonyl (C=O) groups is 1. The molecule has 0 spiro atoms. The maximum atomic E-state index is 11.6. The van der Waals surface area contributed by atoms with Gasteiger partial charge in [0.2, 0.25) is 5.75 Å². The highest BCUT2D eigenvalue weighted by Crippen LogP contribution is 2.28. The van der Waals surface area contributed by atoms with Crippen LogP contribution in [0.4, 0.5) is 10.5 Å². The predicted octanol–water partition coefficient (Wildman–Crippen LogP) is 4.83. The lowest BCUT2D eigenvalue weighted by Gasteiger charge is -2.31. The highest BCUT2D eigenvalue weighted by atomic mass is 16.7. The van der Waals surface area contributed by atoms with Gasteiger partial charge in [0.05, 0.1) is 11.5 Å². The van der Waals surface area contributed by atoms with Crippen molar-refractivity contribution < 1.29 is 19.2 Å². The minimum absolute atomic E-state index is 0.121. The van der Waals surface area contributed by atoms with Crippen LogP contribution in [0.15, 0.2) is 48.5 Å². The summed E-state index contributed by atoms with van der Waals surface area (Å²) in [5.74, 6) is 6.70. The summed E-state index contributed by atoms with van der Waals surface area (Å²) in [4.78, 5) is 24.5. The third kappa shape index (κ3) is 7.10. The molecule has 0 radical (unpaired) electrons. The van der Waals surface area contributed by atoms with Gasteiger partial charge >= 0.3 is 11.8 Å². The number of carbonyl (C=O) groups excluding carboxylic acids is 1. The monoisotopic (exact) mass is 436 g/mol. The van der Waals surface area contributed by atoms with E-state index in [2.05, 4.69) is 47.1 Å². The molecule has 1 aliphatic heterocycles. The second-order valence-corrected chi connectivity index (χ2v) is 7.75. The third-order valence-electron chi connectivity index (χ3n) is 5.47. The Labute approximate surface area is 188 Å². The Kier molecular flexibility index (Phi) is 8.64. The molecule has 0 amide bonds. The normalized spacial score (nSPS) is 14.3. The molecule has 0 N–H and O–H groups in total. The fourth-order valence-corrected chi connectivity index (χ4v) is 3.80. The molecule has 0 unspecified atom stereocenters. The highest BCUT2D eigenvalue weighted by molar-refractivity contribution is 5.67. The van der Waals surface area contributed by atoms with Crippen molar-refractivity contribution in [3.05, 3.63) is 69.8 Å². The lowest BCUT2D eigenvalue weighted by atomic mass is 9.90. The molecule has 7 nitrogen and oxygen atoms in total. The summed E-state index contributed by atoms with van der Waals surface area (Å²) in [6, 6.07) is 14.9. The van der Waals surface area contributed by atoms with Crippen molar-refractivity contribution in [1.29, 1.82) is 0 Å². The van der Waals surface area contributed by atoms with Crippen molar-refractivity contribution in [2.75, 3.05) is 26.2 Å². The van der Waals surface area contributed by atoms with Gasteiger partial charge in [-0.25, -0.2) is 4.79 Å². The minimum Gasteiger partial charge on any atom is -0.434 e. The Morgan fingerprint density at radius 2 is 1.94 bits per heavy atom. The predicted molar refractivity (Wildman–Crippen MR) is 122 cm³/mol. The van der Waals surface area contributed by atoms with Gasteiger partial charge in [-0.3, -0.25) is 10.1 Å². The summed E-state index contributed by atoms with van der Waals surface area (Å²) in [6.45, 7) is 4.80. The van der Waals surface area contributed by atoms with Crippen LogP contribution in [0, 0.1) is 27.9 Å². The van der Waals surface area contributed by atoms with Crippen molar-refractivity contribution in [2.45, 2.75) is 32.6 Å². The number of hydrogen-bond donors (Lipinski definition) is 0. The van der Waals surface area contributed by atoms with Gasteiger partial charge in [-0.1, -0.05) is 42.2 Å². The van der Waals surface area contributed by atoms with Crippen LogP contribution >= 0.6 is 0 Å². The van der Waals surface area contributed by atoms with Crippen LogP contribution in [0.5, 0.6) is 5.75 Å². The van der Waals surface area contributed by atoms with E-state index in [0.29, 0.717) is 12.0 Å². The molecule has 1 saturated heterocycles. The number of rotatable bonds is 7. The topological polar surface area (TPSA) is 81.9 Å². The quantitative estimate of drug-likeness (QED) is 0.203. The van der Waals surface area contributed by atoms with Crippen molar-refractivity contribution in [3.63, 3.8) is 0 Å². The number of ether oxygens (including phenoxy) is 2. The first-order chi connectivity index (χ1) is 15.5. The van der Waals surface area contributed by atoms with E-state index in [0.717, 1.165) is 32.0 Å². The molecule has 0 aliphatic carbocycles. The molecule has 0 atom stereocenters. The fraction of sp³-hybridized carbons (Fsp3) is 0.400. The lowest BCUT2D eigenvalue weighted by molar-refractivity contribution is -0.385. The largest absolute Gasteiger partial charge is 0.514 e. The first-order valence-electron chi connectivity index (χ1n) is 10.9. The summed E-state index contributed by atoms with van der Waals surface area (Å²) < 4.78 is 9.66. The van der Waals surface area contributed by atoms with Gasteiger partial charge in [-0.05, 0) is 56.8 Å². The number of likely N-dealkylation sites (tertiary alicyclic amines) is 1. The molecule has 0 aromatic heterocycles. The molecule has 168 valence electrons. The second kappa shape index (κ2) is 11.9. The summed E-state index contributed by atoms with van der Waals surface area (Å²) in [5, 5.41) is 11.2. The molecule has 32 heavy (non-hydrogen) atoms. The van der Waals surface area contributed by atoms with Gasteiger partial charge in [0.1, 0.15) is 0 Å². The number of nitro groups is 1.